The molecule has 0 amide bonds. The fraction of sp³-hybridized carbons (Fsp3) is 0.778. The number of nitrogens with zero attached hydrogens (tertiary/aromatic N) is 1. The van der Waals surface area contributed by atoms with E-state index in [2.05, 4.69) is 6.92 Å². The highest BCUT2D eigenvalue weighted by atomic mass is 16.1. The van der Waals surface area contributed by atoms with Crippen LogP contribution >= 0.6 is 0 Å². The van der Waals surface area contributed by atoms with E-state index < -0.39 is 0 Å². The second-order valence-corrected chi connectivity index (χ2v) is 2.68. The van der Waals surface area contributed by atoms with Gasteiger partial charge in [-0.15, -0.1) is 0 Å². The van der Waals surface area contributed by atoms with Crippen molar-refractivity contribution in [3.8, 4) is 6.07 Å². The standard InChI is InChI=1S/C9H15NO/c1-2-3-4-5-6-9(11)7-8-10/h2-7H2,1H3. The molecule has 0 aromatic rings. The molecule has 2 heteroatoms. The smallest absolute Gasteiger partial charge is 0.146 e. The summed E-state index contributed by atoms with van der Waals surface area (Å²) in [6.45, 7) is 2.14. The Kier molecular flexibility index (Phi) is 6.71. The largest absolute Gasteiger partial charge is 0.299 e. The quantitative estimate of drug-likeness (QED) is 0.550. The fourth-order valence-corrected chi connectivity index (χ4v) is 0.926. The zero-order chi connectivity index (χ0) is 8.53. The van der Waals surface area contributed by atoms with Crippen LogP contribution in [0.1, 0.15) is 45.4 Å². The molecule has 0 bridgehead atoms. The molecule has 0 rings (SSSR count). The fourth-order valence-electron chi connectivity index (χ4n) is 0.926. The first-order chi connectivity index (χ1) is 5.31. The second kappa shape index (κ2) is 7.27. The van der Waals surface area contributed by atoms with Gasteiger partial charge in [0, 0.05) is 6.42 Å². The summed E-state index contributed by atoms with van der Waals surface area (Å²) in [5, 5.41) is 8.17. The molecule has 0 aliphatic heterocycles. The number of Topliss-reactive ketones (excluding diaryl/α,β-unsaturated/α-hetero) is 1. The number of unbranched alkanes of at least 4 members (excludes halogenated alkanes) is 3. The molecule has 0 spiro atoms. The van der Waals surface area contributed by atoms with Crippen LogP contribution in [0.15, 0.2) is 0 Å². The number of rotatable bonds is 6. The second-order valence-electron chi connectivity index (χ2n) is 2.68. The van der Waals surface area contributed by atoms with Crippen molar-refractivity contribution >= 4 is 5.78 Å². The van der Waals surface area contributed by atoms with Crippen LogP contribution in [0.4, 0.5) is 0 Å². The minimum absolute atomic E-state index is 0.0867. The van der Waals surface area contributed by atoms with Gasteiger partial charge in [0.05, 0.1) is 12.5 Å². The number of ketones is 1. The van der Waals surface area contributed by atoms with Crippen LogP contribution < -0.4 is 0 Å². The Balaban J connectivity index is 3.12. The van der Waals surface area contributed by atoms with E-state index in [9.17, 15) is 4.79 Å². The molecule has 0 aromatic carbocycles. The van der Waals surface area contributed by atoms with E-state index >= 15 is 0 Å². The number of carbonyl (C=O) groups is 1. The van der Waals surface area contributed by atoms with Crippen molar-refractivity contribution in [2.45, 2.75) is 45.4 Å². The van der Waals surface area contributed by atoms with Crippen LogP contribution in [0, 0.1) is 11.3 Å². The predicted molar refractivity (Wildman–Crippen MR) is 44.0 cm³/mol. The van der Waals surface area contributed by atoms with Crippen LogP contribution in [0.25, 0.3) is 0 Å². The molecular weight excluding hydrogens is 138 g/mol. The molecule has 0 aromatic heterocycles. The maximum Gasteiger partial charge on any atom is 0.146 e. The minimum atomic E-state index is 0.0867. The van der Waals surface area contributed by atoms with Crippen LogP contribution in [-0.2, 0) is 4.79 Å². The highest BCUT2D eigenvalue weighted by Gasteiger charge is 1.98. The van der Waals surface area contributed by atoms with Crippen LogP contribution in [0.5, 0.6) is 0 Å². The third-order valence-corrected chi connectivity index (χ3v) is 1.59. The van der Waals surface area contributed by atoms with Crippen molar-refractivity contribution < 1.29 is 4.79 Å². The SMILES string of the molecule is CCCCCCC(=O)CC#N. The zero-order valence-corrected chi connectivity index (χ0v) is 7.10. The minimum Gasteiger partial charge on any atom is -0.299 e. The summed E-state index contributed by atoms with van der Waals surface area (Å²) in [7, 11) is 0. The molecule has 0 unspecified atom stereocenters. The van der Waals surface area contributed by atoms with E-state index in [1.165, 1.54) is 12.8 Å². The van der Waals surface area contributed by atoms with Crippen molar-refractivity contribution in [2.24, 2.45) is 0 Å². The Bertz CT molecular complexity index is 146. The van der Waals surface area contributed by atoms with Gasteiger partial charge in [0.2, 0.25) is 0 Å². The summed E-state index contributed by atoms with van der Waals surface area (Å²) >= 11 is 0. The summed E-state index contributed by atoms with van der Waals surface area (Å²) in [6, 6.07) is 1.86. The monoisotopic (exact) mass is 153 g/mol. The summed E-state index contributed by atoms with van der Waals surface area (Å²) in [5.41, 5.74) is 0. The normalized spacial score (nSPS) is 9.09. The van der Waals surface area contributed by atoms with Gasteiger partial charge in [0.25, 0.3) is 0 Å². The molecule has 0 aliphatic rings. The Morgan fingerprint density at radius 2 is 2.09 bits per heavy atom. The average Bonchev–Trinajstić information content (AvgIpc) is 1.99. The molecule has 0 atom stereocenters. The van der Waals surface area contributed by atoms with Gasteiger partial charge < -0.3 is 0 Å². The molecular formula is C9H15NO. The van der Waals surface area contributed by atoms with Crippen molar-refractivity contribution in [3.63, 3.8) is 0 Å². The zero-order valence-electron chi connectivity index (χ0n) is 7.10. The molecule has 0 radical (unpaired) electrons. The van der Waals surface area contributed by atoms with E-state index in [0.29, 0.717) is 6.42 Å². The maximum atomic E-state index is 10.8. The number of nitriles is 1. The topological polar surface area (TPSA) is 40.9 Å². The van der Waals surface area contributed by atoms with Crippen LogP contribution in [0.3, 0.4) is 0 Å². The molecule has 0 saturated carbocycles. The Morgan fingerprint density at radius 1 is 1.36 bits per heavy atom. The molecule has 0 heterocycles. The number of hydrogen-bond donors (Lipinski definition) is 0. The van der Waals surface area contributed by atoms with Crippen molar-refractivity contribution in [1.82, 2.24) is 0 Å². The molecule has 0 aliphatic carbocycles. The first-order valence-electron chi connectivity index (χ1n) is 4.20. The molecule has 11 heavy (non-hydrogen) atoms. The van der Waals surface area contributed by atoms with E-state index in [1.807, 2.05) is 6.07 Å². The molecule has 0 saturated heterocycles. The number of hydrogen-bond acceptors (Lipinski definition) is 2. The van der Waals surface area contributed by atoms with Crippen LogP contribution in [0.2, 0.25) is 0 Å². The lowest BCUT2D eigenvalue weighted by molar-refractivity contribution is -0.118. The highest BCUT2D eigenvalue weighted by Crippen LogP contribution is 2.03. The van der Waals surface area contributed by atoms with Crippen molar-refractivity contribution in [3.05, 3.63) is 0 Å². The van der Waals surface area contributed by atoms with Gasteiger partial charge in [0.15, 0.2) is 0 Å². The van der Waals surface area contributed by atoms with Gasteiger partial charge in [-0.05, 0) is 6.42 Å². The van der Waals surface area contributed by atoms with Gasteiger partial charge in [-0.25, -0.2) is 0 Å². The summed E-state index contributed by atoms with van der Waals surface area (Å²) in [4.78, 5) is 10.8. The molecule has 0 fully saturated rings. The highest BCUT2D eigenvalue weighted by molar-refractivity contribution is 5.80. The van der Waals surface area contributed by atoms with E-state index in [0.717, 1.165) is 12.8 Å². The van der Waals surface area contributed by atoms with Gasteiger partial charge in [-0.1, -0.05) is 26.2 Å². The maximum absolute atomic E-state index is 10.8. The first kappa shape index (κ1) is 10.2. The Labute approximate surface area is 68.2 Å². The predicted octanol–water partition coefficient (Wildman–Crippen LogP) is 2.44. The lowest BCUT2D eigenvalue weighted by atomic mass is 10.1. The van der Waals surface area contributed by atoms with Gasteiger partial charge in [0.1, 0.15) is 5.78 Å². The van der Waals surface area contributed by atoms with Gasteiger partial charge >= 0.3 is 0 Å². The number of carbonyl (C=O) groups excluding carboxylic acids is 1. The molecule has 2 nitrogen and oxygen atoms in total. The Hall–Kier alpha value is -0.840. The molecule has 62 valence electrons. The third kappa shape index (κ3) is 7.05. The van der Waals surface area contributed by atoms with E-state index in [1.54, 1.807) is 0 Å². The van der Waals surface area contributed by atoms with Crippen LogP contribution in [-0.4, -0.2) is 5.78 Å². The van der Waals surface area contributed by atoms with Gasteiger partial charge in [-0.2, -0.15) is 5.26 Å². The summed E-state index contributed by atoms with van der Waals surface area (Å²) in [5.74, 6) is 0.0867. The summed E-state index contributed by atoms with van der Waals surface area (Å²) in [6.07, 6.45) is 5.13. The van der Waals surface area contributed by atoms with Crippen molar-refractivity contribution in [2.75, 3.05) is 0 Å². The van der Waals surface area contributed by atoms with Crippen molar-refractivity contribution in [1.29, 1.82) is 5.26 Å². The first-order valence-corrected chi connectivity index (χ1v) is 4.20. The Morgan fingerprint density at radius 3 is 2.64 bits per heavy atom. The summed E-state index contributed by atoms with van der Waals surface area (Å²) < 4.78 is 0. The van der Waals surface area contributed by atoms with E-state index in [4.69, 9.17) is 5.26 Å². The molecule has 0 N–H and O–H groups in total. The third-order valence-electron chi connectivity index (χ3n) is 1.59. The average molecular weight is 153 g/mol. The lowest BCUT2D eigenvalue weighted by Crippen LogP contribution is -1.94. The lowest BCUT2D eigenvalue weighted by Gasteiger charge is -1.95. The van der Waals surface area contributed by atoms with Gasteiger partial charge in [-0.3, -0.25) is 4.79 Å². The van der Waals surface area contributed by atoms with E-state index in [-0.39, 0.29) is 12.2 Å².